The second kappa shape index (κ2) is 10.7. The molecule has 0 fully saturated rings. The van der Waals surface area contributed by atoms with E-state index in [1.165, 1.54) is 67.5 Å². The number of carbonyl (C=O) groups excluding carboxylic acids is 1. The highest BCUT2D eigenvalue weighted by Crippen LogP contribution is 2.32. The van der Waals surface area contributed by atoms with Crippen LogP contribution in [0.2, 0.25) is 0 Å². The summed E-state index contributed by atoms with van der Waals surface area (Å²) < 4.78 is 73.4. The van der Waals surface area contributed by atoms with Crippen LogP contribution in [0.15, 0.2) is 76.5 Å². The van der Waals surface area contributed by atoms with E-state index in [0.29, 0.717) is 30.0 Å². The highest BCUT2D eigenvalue weighted by Gasteiger charge is 2.32. The molecular weight excluding hydrogens is 533 g/mol. The Morgan fingerprint density at radius 2 is 1.55 bits per heavy atom. The fourth-order valence-corrected chi connectivity index (χ4v) is 6.51. The van der Waals surface area contributed by atoms with Gasteiger partial charge in [-0.2, -0.15) is 0 Å². The van der Waals surface area contributed by atoms with Gasteiger partial charge in [-0.25, -0.2) is 25.5 Å². The van der Waals surface area contributed by atoms with E-state index in [-0.39, 0.29) is 22.0 Å². The molecular formula is C26H28FN3O6S2. The largest absolute Gasteiger partial charge is 0.494 e. The Labute approximate surface area is 222 Å². The van der Waals surface area contributed by atoms with E-state index in [0.717, 1.165) is 20.7 Å². The number of nitrogens with zero attached hydrogens (tertiary/aromatic N) is 3. The van der Waals surface area contributed by atoms with Crippen molar-refractivity contribution in [2.75, 3.05) is 43.0 Å². The highest BCUT2D eigenvalue weighted by atomic mass is 32.2. The van der Waals surface area contributed by atoms with Crippen LogP contribution < -0.4 is 13.9 Å². The monoisotopic (exact) mass is 561 g/mol. The molecule has 0 saturated carbocycles. The standard InChI is InChI=1S/C26H28FN3O6S2/c1-4-36-22-9-11-23(12-10-22)38(34,35)30(21-7-5-20(27)6-8-21)18-26(31)29-16-15-19-17-24(13-14-25(19)29)37(32,33)28(2)3/h5-14,17H,4,15-16,18H2,1-3H3. The number of benzene rings is 3. The average Bonchev–Trinajstić information content (AvgIpc) is 3.32. The number of ether oxygens (including phenoxy) is 1. The number of halogens is 1. The van der Waals surface area contributed by atoms with Crippen LogP contribution in [0, 0.1) is 5.82 Å². The molecule has 4 rings (SSSR count). The summed E-state index contributed by atoms with van der Waals surface area (Å²) in [7, 11) is -4.99. The van der Waals surface area contributed by atoms with Gasteiger partial charge in [-0.3, -0.25) is 9.10 Å². The summed E-state index contributed by atoms with van der Waals surface area (Å²) in [6, 6.07) is 15.2. The van der Waals surface area contributed by atoms with E-state index in [1.54, 1.807) is 6.07 Å². The number of fused-ring (bicyclic) bond motifs is 1. The number of carbonyl (C=O) groups is 1. The Morgan fingerprint density at radius 1 is 0.921 bits per heavy atom. The maximum atomic E-state index is 13.7. The van der Waals surface area contributed by atoms with Crippen LogP contribution in [0.5, 0.6) is 5.75 Å². The van der Waals surface area contributed by atoms with E-state index in [4.69, 9.17) is 4.74 Å². The number of hydrogen-bond donors (Lipinski definition) is 0. The van der Waals surface area contributed by atoms with Crippen LogP contribution in [0.4, 0.5) is 15.8 Å². The molecule has 1 aliphatic rings. The van der Waals surface area contributed by atoms with Crippen molar-refractivity contribution >= 4 is 37.3 Å². The van der Waals surface area contributed by atoms with Gasteiger partial charge in [0.15, 0.2) is 0 Å². The molecule has 9 nitrogen and oxygen atoms in total. The van der Waals surface area contributed by atoms with Crippen LogP contribution in [-0.4, -0.2) is 60.8 Å². The van der Waals surface area contributed by atoms with Crippen LogP contribution in [0.1, 0.15) is 12.5 Å². The van der Waals surface area contributed by atoms with E-state index < -0.39 is 38.3 Å². The lowest BCUT2D eigenvalue weighted by molar-refractivity contribution is -0.117. The first-order valence-electron chi connectivity index (χ1n) is 11.8. The number of hydrogen-bond acceptors (Lipinski definition) is 6. The lowest BCUT2D eigenvalue weighted by Crippen LogP contribution is -2.42. The molecule has 0 bridgehead atoms. The van der Waals surface area contributed by atoms with Gasteiger partial charge in [0.1, 0.15) is 18.1 Å². The van der Waals surface area contributed by atoms with E-state index in [1.807, 2.05) is 6.92 Å². The minimum Gasteiger partial charge on any atom is -0.494 e. The summed E-state index contributed by atoms with van der Waals surface area (Å²) in [6.45, 7) is 1.95. The van der Waals surface area contributed by atoms with Crippen molar-refractivity contribution in [2.45, 2.75) is 23.1 Å². The Morgan fingerprint density at radius 3 is 2.16 bits per heavy atom. The van der Waals surface area contributed by atoms with Gasteiger partial charge in [-0.15, -0.1) is 0 Å². The van der Waals surface area contributed by atoms with E-state index in [2.05, 4.69) is 0 Å². The van der Waals surface area contributed by atoms with Crippen molar-refractivity contribution in [2.24, 2.45) is 0 Å². The molecule has 12 heteroatoms. The van der Waals surface area contributed by atoms with E-state index in [9.17, 15) is 26.0 Å². The third kappa shape index (κ3) is 5.38. The van der Waals surface area contributed by atoms with Crippen molar-refractivity contribution in [3.63, 3.8) is 0 Å². The minimum absolute atomic E-state index is 0.0570. The maximum Gasteiger partial charge on any atom is 0.264 e. The smallest absolute Gasteiger partial charge is 0.264 e. The Balaban J connectivity index is 1.66. The molecule has 3 aromatic rings. The lowest BCUT2D eigenvalue weighted by Gasteiger charge is -2.27. The van der Waals surface area contributed by atoms with Gasteiger partial charge in [-0.05, 0) is 85.6 Å². The fraction of sp³-hybridized carbons (Fsp3) is 0.269. The Hall–Kier alpha value is -3.48. The van der Waals surface area contributed by atoms with Crippen LogP contribution in [0.25, 0.3) is 0 Å². The maximum absolute atomic E-state index is 13.7. The predicted octanol–water partition coefficient (Wildman–Crippen LogP) is 3.26. The molecule has 1 heterocycles. The third-order valence-electron chi connectivity index (χ3n) is 6.14. The molecule has 0 aliphatic carbocycles. The summed E-state index contributed by atoms with van der Waals surface area (Å²) in [4.78, 5) is 15.0. The first-order valence-corrected chi connectivity index (χ1v) is 14.7. The molecule has 0 unspecified atom stereocenters. The summed E-state index contributed by atoms with van der Waals surface area (Å²) in [5.74, 6) is -0.554. The number of anilines is 2. The van der Waals surface area contributed by atoms with Crippen LogP contribution in [-0.2, 0) is 31.3 Å². The predicted molar refractivity (Wildman–Crippen MR) is 142 cm³/mol. The number of amides is 1. The van der Waals surface area contributed by atoms with Crippen LogP contribution in [0.3, 0.4) is 0 Å². The molecule has 0 saturated heterocycles. The minimum atomic E-state index is -4.21. The SMILES string of the molecule is CCOc1ccc(S(=O)(=O)N(CC(=O)N2CCc3cc(S(=O)(=O)N(C)C)ccc32)c2ccc(F)cc2)cc1. The van der Waals surface area contributed by atoms with Gasteiger partial charge in [0.05, 0.1) is 22.1 Å². The first-order chi connectivity index (χ1) is 17.9. The average molecular weight is 562 g/mol. The van der Waals surface area contributed by atoms with Gasteiger partial charge in [-0.1, -0.05) is 0 Å². The van der Waals surface area contributed by atoms with Gasteiger partial charge < -0.3 is 9.64 Å². The summed E-state index contributed by atoms with van der Waals surface area (Å²) in [5, 5.41) is 0. The van der Waals surface area contributed by atoms with Crippen molar-refractivity contribution in [3.8, 4) is 5.75 Å². The zero-order valence-corrected chi connectivity index (χ0v) is 22.8. The molecule has 3 aromatic carbocycles. The zero-order valence-electron chi connectivity index (χ0n) is 21.2. The Bertz CT molecular complexity index is 1540. The van der Waals surface area contributed by atoms with Crippen molar-refractivity contribution in [1.82, 2.24) is 4.31 Å². The third-order valence-corrected chi connectivity index (χ3v) is 9.74. The first kappa shape index (κ1) is 27.6. The number of rotatable bonds is 9. The molecule has 1 amide bonds. The quantitative estimate of drug-likeness (QED) is 0.397. The fourth-order valence-electron chi connectivity index (χ4n) is 4.14. The molecule has 0 N–H and O–H groups in total. The van der Waals surface area contributed by atoms with Gasteiger partial charge in [0, 0.05) is 26.3 Å². The lowest BCUT2D eigenvalue weighted by atomic mass is 10.2. The molecule has 0 aromatic heterocycles. The van der Waals surface area contributed by atoms with Gasteiger partial charge in [0.25, 0.3) is 10.0 Å². The second-order valence-electron chi connectivity index (χ2n) is 8.77. The second-order valence-corrected chi connectivity index (χ2v) is 12.8. The van der Waals surface area contributed by atoms with E-state index >= 15 is 0 Å². The molecule has 0 spiro atoms. The topological polar surface area (TPSA) is 104 Å². The summed E-state index contributed by atoms with van der Waals surface area (Å²) >= 11 is 0. The summed E-state index contributed by atoms with van der Waals surface area (Å²) in [5.41, 5.74) is 1.31. The Kier molecular flexibility index (Phi) is 7.77. The van der Waals surface area contributed by atoms with Crippen LogP contribution >= 0.6 is 0 Å². The highest BCUT2D eigenvalue weighted by molar-refractivity contribution is 7.92. The van der Waals surface area contributed by atoms with Gasteiger partial charge >= 0.3 is 0 Å². The molecule has 0 atom stereocenters. The number of sulfonamides is 2. The normalized spacial score (nSPS) is 13.4. The van der Waals surface area contributed by atoms with Crippen molar-refractivity contribution in [1.29, 1.82) is 0 Å². The summed E-state index contributed by atoms with van der Waals surface area (Å²) in [6.07, 6.45) is 0.417. The van der Waals surface area contributed by atoms with Crippen molar-refractivity contribution < 1.29 is 30.8 Å². The zero-order chi connectivity index (χ0) is 27.7. The molecule has 0 radical (unpaired) electrons. The van der Waals surface area contributed by atoms with Crippen molar-refractivity contribution in [3.05, 3.63) is 78.1 Å². The molecule has 38 heavy (non-hydrogen) atoms. The van der Waals surface area contributed by atoms with Gasteiger partial charge in [0.2, 0.25) is 15.9 Å². The molecule has 1 aliphatic heterocycles. The molecule has 202 valence electrons.